The molecule has 0 radical (unpaired) electrons. The van der Waals surface area contributed by atoms with Gasteiger partial charge in [0.1, 0.15) is 11.6 Å². The van der Waals surface area contributed by atoms with Gasteiger partial charge in [-0.05, 0) is 44.5 Å². The Morgan fingerprint density at radius 1 is 1.25 bits per heavy atom. The van der Waals surface area contributed by atoms with Crippen LogP contribution in [0.3, 0.4) is 0 Å². The van der Waals surface area contributed by atoms with Crippen LogP contribution in [0.25, 0.3) is 0 Å². The molecule has 1 fully saturated rings. The summed E-state index contributed by atoms with van der Waals surface area (Å²) < 4.78 is 11.1. The molecule has 3 heterocycles. The van der Waals surface area contributed by atoms with Gasteiger partial charge in [-0.15, -0.1) is 0 Å². The SMILES string of the molecule is Cc1ccc(C(=O)NCc2ccc(N3C[C@@H](C)O[C@@H](C)C3)nc2)o1. The summed E-state index contributed by atoms with van der Waals surface area (Å²) >= 11 is 0. The predicted octanol–water partition coefficient (Wildman–Crippen LogP) is 2.53. The minimum absolute atomic E-state index is 0.200. The van der Waals surface area contributed by atoms with Gasteiger partial charge < -0.3 is 19.4 Å². The second-order valence-corrected chi connectivity index (χ2v) is 6.28. The van der Waals surface area contributed by atoms with Gasteiger partial charge in [0.05, 0.1) is 12.2 Å². The zero-order valence-corrected chi connectivity index (χ0v) is 14.3. The van der Waals surface area contributed by atoms with E-state index in [0.29, 0.717) is 12.3 Å². The van der Waals surface area contributed by atoms with E-state index < -0.39 is 0 Å². The molecule has 3 rings (SSSR count). The van der Waals surface area contributed by atoms with E-state index in [2.05, 4.69) is 29.0 Å². The minimum atomic E-state index is -0.219. The smallest absolute Gasteiger partial charge is 0.287 e. The summed E-state index contributed by atoms with van der Waals surface area (Å²) in [6.07, 6.45) is 2.20. The number of morpholine rings is 1. The number of carbonyl (C=O) groups excluding carboxylic acids is 1. The van der Waals surface area contributed by atoms with Crippen molar-refractivity contribution in [3.8, 4) is 0 Å². The Hall–Kier alpha value is -2.34. The lowest BCUT2D eigenvalue weighted by atomic mass is 10.2. The molecule has 0 spiro atoms. The van der Waals surface area contributed by atoms with E-state index in [9.17, 15) is 4.79 Å². The van der Waals surface area contributed by atoms with Crippen molar-refractivity contribution in [2.75, 3.05) is 18.0 Å². The van der Waals surface area contributed by atoms with Crippen LogP contribution in [0.4, 0.5) is 5.82 Å². The highest BCUT2D eigenvalue weighted by molar-refractivity contribution is 5.91. The van der Waals surface area contributed by atoms with Gasteiger partial charge in [0, 0.05) is 25.8 Å². The molecule has 0 saturated carbocycles. The third kappa shape index (κ3) is 3.94. The number of rotatable bonds is 4. The number of hydrogen-bond donors (Lipinski definition) is 1. The first-order valence-corrected chi connectivity index (χ1v) is 8.21. The monoisotopic (exact) mass is 329 g/mol. The molecule has 0 aliphatic carbocycles. The average molecular weight is 329 g/mol. The van der Waals surface area contributed by atoms with Gasteiger partial charge in [0.2, 0.25) is 0 Å². The van der Waals surface area contributed by atoms with E-state index in [0.717, 1.165) is 30.2 Å². The van der Waals surface area contributed by atoms with E-state index >= 15 is 0 Å². The molecule has 128 valence electrons. The average Bonchev–Trinajstić information content (AvgIpc) is 2.99. The maximum absolute atomic E-state index is 12.0. The number of amides is 1. The molecule has 24 heavy (non-hydrogen) atoms. The largest absolute Gasteiger partial charge is 0.456 e. The standard InChI is InChI=1S/C18H23N3O3/c1-12-4-6-16(24-12)18(22)20-9-15-5-7-17(19-8-15)21-10-13(2)23-14(3)11-21/h4-8,13-14H,9-11H2,1-3H3,(H,20,22)/t13-,14+. The Morgan fingerprint density at radius 2 is 2.00 bits per heavy atom. The van der Waals surface area contributed by atoms with E-state index in [4.69, 9.17) is 9.15 Å². The molecular formula is C18H23N3O3. The van der Waals surface area contributed by atoms with Gasteiger partial charge in [-0.3, -0.25) is 4.79 Å². The first-order chi connectivity index (χ1) is 11.5. The third-order valence-electron chi connectivity index (χ3n) is 3.97. The molecule has 0 bridgehead atoms. The van der Waals surface area contributed by atoms with Gasteiger partial charge in [-0.1, -0.05) is 6.07 Å². The first kappa shape index (κ1) is 16.5. The molecule has 1 N–H and O–H groups in total. The van der Waals surface area contributed by atoms with E-state index in [1.54, 1.807) is 18.3 Å². The number of aryl methyl sites for hydroxylation is 1. The van der Waals surface area contributed by atoms with Crippen LogP contribution in [0.2, 0.25) is 0 Å². The zero-order valence-electron chi connectivity index (χ0n) is 14.3. The van der Waals surface area contributed by atoms with Crippen molar-refractivity contribution in [3.63, 3.8) is 0 Å². The van der Waals surface area contributed by atoms with Crippen LogP contribution in [-0.2, 0) is 11.3 Å². The van der Waals surface area contributed by atoms with Gasteiger partial charge >= 0.3 is 0 Å². The van der Waals surface area contributed by atoms with Crippen molar-refractivity contribution in [3.05, 3.63) is 47.5 Å². The summed E-state index contributed by atoms with van der Waals surface area (Å²) in [7, 11) is 0. The van der Waals surface area contributed by atoms with Crippen molar-refractivity contribution in [2.45, 2.75) is 39.5 Å². The number of hydrogen-bond acceptors (Lipinski definition) is 5. The van der Waals surface area contributed by atoms with Gasteiger partial charge in [-0.25, -0.2) is 4.98 Å². The lowest BCUT2D eigenvalue weighted by Crippen LogP contribution is -2.45. The Balaban J connectivity index is 1.57. The van der Waals surface area contributed by atoms with E-state index in [1.165, 1.54) is 0 Å². The highest BCUT2D eigenvalue weighted by atomic mass is 16.5. The Morgan fingerprint density at radius 3 is 2.58 bits per heavy atom. The molecule has 6 heteroatoms. The number of furan rings is 1. The topological polar surface area (TPSA) is 67.6 Å². The van der Waals surface area contributed by atoms with Crippen LogP contribution in [0.1, 0.15) is 35.7 Å². The van der Waals surface area contributed by atoms with Crippen molar-refractivity contribution in [1.29, 1.82) is 0 Å². The number of ether oxygens (including phenoxy) is 1. The maximum Gasteiger partial charge on any atom is 0.287 e. The Labute approximate surface area is 141 Å². The second kappa shape index (κ2) is 7.05. The summed E-state index contributed by atoms with van der Waals surface area (Å²) in [6, 6.07) is 7.42. The summed E-state index contributed by atoms with van der Waals surface area (Å²) in [4.78, 5) is 18.7. The number of pyridine rings is 1. The minimum Gasteiger partial charge on any atom is -0.456 e. The summed E-state index contributed by atoms with van der Waals surface area (Å²) in [5, 5.41) is 2.84. The highest BCUT2D eigenvalue weighted by Crippen LogP contribution is 2.18. The molecule has 1 aliphatic heterocycles. The number of aromatic nitrogens is 1. The van der Waals surface area contributed by atoms with E-state index in [-0.39, 0.29) is 18.1 Å². The molecule has 2 aromatic heterocycles. The van der Waals surface area contributed by atoms with Crippen molar-refractivity contribution < 1.29 is 13.9 Å². The number of anilines is 1. The molecule has 1 saturated heterocycles. The first-order valence-electron chi connectivity index (χ1n) is 8.21. The zero-order chi connectivity index (χ0) is 17.1. The Kier molecular flexibility index (Phi) is 4.85. The summed E-state index contributed by atoms with van der Waals surface area (Å²) in [6.45, 7) is 8.05. The number of nitrogens with zero attached hydrogens (tertiary/aromatic N) is 2. The fourth-order valence-electron chi connectivity index (χ4n) is 2.90. The molecule has 0 aromatic carbocycles. The molecule has 6 nitrogen and oxygen atoms in total. The fraction of sp³-hybridized carbons (Fsp3) is 0.444. The second-order valence-electron chi connectivity index (χ2n) is 6.28. The normalized spacial score (nSPS) is 20.9. The summed E-state index contributed by atoms with van der Waals surface area (Å²) in [5.41, 5.74) is 0.949. The van der Waals surface area contributed by atoms with Crippen LogP contribution in [0.5, 0.6) is 0 Å². The van der Waals surface area contributed by atoms with Crippen molar-refractivity contribution >= 4 is 11.7 Å². The fourth-order valence-corrected chi connectivity index (χ4v) is 2.90. The van der Waals surface area contributed by atoms with Crippen molar-refractivity contribution in [1.82, 2.24) is 10.3 Å². The quantitative estimate of drug-likeness (QED) is 0.933. The Bertz CT molecular complexity index is 686. The van der Waals surface area contributed by atoms with Crippen LogP contribution in [-0.4, -0.2) is 36.2 Å². The third-order valence-corrected chi connectivity index (χ3v) is 3.97. The van der Waals surface area contributed by atoms with Gasteiger partial charge in [0.25, 0.3) is 5.91 Å². The number of nitrogens with one attached hydrogen (secondary N) is 1. The highest BCUT2D eigenvalue weighted by Gasteiger charge is 2.23. The van der Waals surface area contributed by atoms with Crippen LogP contribution < -0.4 is 10.2 Å². The molecule has 1 amide bonds. The molecule has 2 atom stereocenters. The molecule has 1 aliphatic rings. The maximum atomic E-state index is 12.0. The van der Waals surface area contributed by atoms with Crippen LogP contribution in [0, 0.1) is 6.92 Å². The molecule has 0 unspecified atom stereocenters. The van der Waals surface area contributed by atoms with Crippen molar-refractivity contribution in [2.24, 2.45) is 0 Å². The lowest BCUT2D eigenvalue weighted by Gasteiger charge is -2.36. The molecule has 2 aromatic rings. The van der Waals surface area contributed by atoms with E-state index in [1.807, 2.05) is 19.1 Å². The lowest BCUT2D eigenvalue weighted by molar-refractivity contribution is -0.00546. The predicted molar refractivity (Wildman–Crippen MR) is 91.1 cm³/mol. The number of carbonyl (C=O) groups is 1. The summed E-state index contributed by atoms with van der Waals surface area (Å²) in [5.74, 6) is 1.77. The van der Waals surface area contributed by atoms with Crippen LogP contribution in [0.15, 0.2) is 34.9 Å². The van der Waals surface area contributed by atoms with Crippen LogP contribution >= 0.6 is 0 Å². The van der Waals surface area contributed by atoms with Gasteiger partial charge in [0.15, 0.2) is 5.76 Å². The molecular weight excluding hydrogens is 306 g/mol. The van der Waals surface area contributed by atoms with Gasteiger partial charge in [-0.2, -0.15) is 0 Å².